The van der Waals surface area contributed by atoms with Crippen molar-refractivity contribution in [2.45, 2.75) is 38.4 Å². The number of hydrogen-bond acceptors (Lipinski definition) is 7. The number of halogens is 3. The van der Waals surface area contributed by atoms with E-state index < -0.39 is 41.2 Å². The molecule has 0 radical (unpaired) electrons. The first-order valence-electron chi connectivity index (χ1n) is 11.7. The number of carboxylic acid groups (broad SMARTS) is 1. The van der Waals surface area contributed by atoms with E-state index in [2.05, 4.69) is 10.6 Å². The van der Waals surface area contributed by atoms with E-state index in [1.165, 1.54) is 38.1 Å². The maximum Gasteiger partial charge on any atom is 0.416 e. The van der Waals surface area contributed by atoms with Gasteiger partial charge >= 0.3 is 18.1 Å². The van der Waals surface area contributed by atoms with E-state index in [1.54, 1.807) is 12.1 Å². The average Bonchev–Trinajstić information content (AvgIpc) is 2.85. The van der Waals surface area contributed by atoms with Crippen LogP contribution in [-0.2, 0) is 25.3 Å². The molecule has 1 aliphatic rings. The lowest BCUT2D eigenvalue weighted by Crippen LogP contribution is -2.33. The summed E-state index contributed by atoms with van der Waals surface area (Å²) < 4.78 is 46.9. The molecule has 202 valence electrons. The molecule has 38 heavy (non-hydrogen) atoms. The van der Waals surface area contributed by atoms with Gasteiger partial charge in [0.2, 0.25) is 0 Å². The van der Waals surface area contributed by atoms with Gasteiger partial charge in [0.25, 0.3) is 0 Å². The topological polar surface area (TPSA) is 125 Å². The van der Waals surface area contributed by atoms with Crippen LogP contribution in [-0.4, -0.2) is 41.6 Å². The average molecular weight is 533 g/mol. The Balaban J connectivity index is 1.84. The molecule has 2 aromatic rings. The lowest BCUT2D eigenvalue weighted by molar-refractivity contribution is -0.141. The van der Waals surface area contributed by atoms with Crippen molar-refractivity contribution in [3.05, 3.63) is 87.8 Å². The van der Waals surface area contributed by atoms with Gasteiger partial charge in [-0.2, -0.15) is 13.2 Å². The summed E-state index contributed by atoms with van der Waals surface area (Å²) in [6, 6.07) is 10.3. The van der Waals surface area contributed by atoms with Crippen LogP contribution in [0.1, 0.15) is 48.9 Å². The fourth-order valence-corrected chi connectivity index (χ4v) is 4.46. The van der Waals surface area contributed by atoms with Gasteiger partial charge in [-0.05, 0) is 43.2 Å². The Morgan fingerprint density at radius 2 is 1.71 bits per heavy atom. The van der Waals surface area contributed by atoms with Crippen molar-refractivity contribution in [2.75, 3.05) is 13.2 Å². The van der Waals surface area contributed by atoms with Crippen molar-refractivity contribution in [2.24, 2.45) is 0 Å². The summed E-state index contributed by atoms with van der Waals surface area (Å²) in [5.74, 6) is -3.90. The number of rotatable bonds is 10. The molecule has 4 N–H and O–H groups in total. The molecule has 0 fully saturated rings. The van der Waals surface area contributed by atoms with Crippen LogP contribution in [0.3, 0.4) is 0 Å². The fraction of sp³-hybridized carbons (Fsp3) is 0.296. The van der Waals surface area contributed by atoms with Gasteiger partial charge in [-0.1, -0.05) is 30.3 Å². The summed E-state index contributed by atoms with van der Waals surface area (Å²) in [5.41, 5.74) is -1.06. The molecule has 2 atom stereocenters. The third kappa shape index (κ3) is 6.41. The van der Waals surface area contributed by atoms with Crippen LogP contribution in [0, 0.1) is 0 Å². The third-order valence-corrected chi connectivity index (χ3v) is 6.14. The molecule has 3 rings (SSSR count). The van der Waals surface area contributed by atoms with Gasteiger partial charge in [-0.3, -0.25) is 0 Å². The molecular formula is C27H27F3N2O6. The highest BCUT2D eigenvalue weighted by molar-refractivity contribution is 5.99. The summed E-state index contributed by atoms with van der Waals surface area (Å²) in [5, 5.41) is 25.2. The number of hydrogen-bond donors (Lipinski definition) is 4. The summed E-state index contributed by atoms with van der Waals surface area (Å²) in [4.78, 5) is 36.4. The summed E-state index contributed by atoms with van der Waals surface area (Å²) in [6.07, 6.45) is -3.97. The first-order valence-corrected chi connectivity index (χ1v) is 11.7. The molecule has 0 aliphatic carbocycles. The number of benzene rings is 2. The number of phenolic OH excluding ortho intramolecular Hbond substituents is 1. The first-order chi connectivity index (χ1) is 18.0. The van der Waals surface area contributed by atoms with Gasteiger partial charge in [0.05, 0.1) is 22.6 Å². The minimum Gasteiger partial charge on any atom is -0.508 e. The Labute approximate surface area is 216 Å². The number of esters is 1. The summed E-state index contributed by atoms with van der Waals surface area (Å²) in [7, 11) is 0. The fourth-order valence-electron chi connectivity index (χ4n) is 4.46. The third-order valence-electron chi connectivity index (χ3n) is 6.14. The van der Waals surface area contributed by atoms with E-state index >= 15 is 0 Å². The number of phenols is 1. The van der Waals surface area contributed by atoms with Crippen molar-refractivity contribution in [3.8, 4) is 5.75 Å². The zero-order valence-electron chi connectivity index (χ0n) is 20.6. The number of carbonyl (C=O) groups excluding carboxylic acids is 2. The minimum absolute atomic E-state index is 0.0592. The van der Waals surface area contributed by atoms with Crippen LogP contribution < -0.4 is 10.6 Å². The van der Waals surface area contributed by atoms with Crippen LogP contribution >= 0.6 is 0 Å². The molecule has 1 heterocycles. The molecular weight excluding hydrogens is 505 g/mol. The molecule has 0 saturated heterocycles. The van der Waals surface area contributed by atoms with Gasteiger partial charge < -0.3 is 30.4 Å². The zero-order valence-corrected chi connectivity index (χ0v) is 20.6. The van der Waals surface area contributed by atoms with Crippen molar-refractivity contribution < 1.29 is 42.5 Å². The predicted octanol–water partition coefficient (Wildman–Crippen LogP) is 4.19. The van der Waals surface area contributed by atoms with E-state index in [4.69, 9.17) is 4.74 Å². The van der Waals surface area contributed by atoms with Gasteiger partial charge in [0.1, 0.15) is 18.6 Å². The molecule has 0 spiro atoms. The number of allylic oxidation sites excluding steroid dienone is 2. The Kier molecular flexibility index (Phi) is 8.95. The molecule has 1 aliphatic heterocycles. The van der Waals surface area contributed by atoms with Crippen LogP contribution in [0.15, 0.2) is 71.1 Å². The van der Waals surface area contributed by atoms with Gasteiger partial charge in [-0.25, -0.2) is 9.59 Å². The maximum absolute atomic E-state index is 13.8. The molecule has 11 heteroatoms. The molecule has 0 aromatic heterocycles. The number of alkyl halides is 3. The Morgan fingerprint density at radius 1 is 1.08 bits per heavy atom. The minimum atomic E-state index is -4.78. The van der Waals surface area contributed by atoms with Crippen LogP contribution in [0.4, 0.5) is 13.2 Å². The second kappa shape index (κ2) is 12.0. The highest BCUT2D eigenvalue weighted by Gasteiger charge is 2.42. The number of carbonyl (C=O) groups is 3. The smallest absolute Gasteiger partial charge is 0.416 e. The Bertz CT molecular complexity index is 1270. The molecule has 2 unspecified atom stereocenters. The van der Waals surface area contributed by atoms with Crippen molar-refractivity contribution in [1.29, 1.82) is 0 Å². The number of dihydropyridines is 1. The standard InChI is InChI=1S/C27H27F3N2O6/c1-15-22(25(35)36)24(19-5-3-4-6-20(19)27(28,29)30)23(16(2)32-15)26(37)38-14-12-31-21(11-13-33)17-7-9-18(34)10-8-17/h3-10,13,21,24,31-32,34H,11-12,14H2,1-2H3,(H,35,36). The molecule has 0 bridgehead atoms. The molecule has 0 amide bonds. The zero-order chi connectivity index (χ0) is 28.0. The van der Waals surface area contributed by atoms with Gasteiger partial charge in [0.15, 0.2) is 0 Å². The lowest BCUT2D eigenvalue weighted by atomic mass is 9.78. The monoisotopic (exact) mass is 532 g/mol. The van der Waals surface area contributed by atoms with E-state index in [9.17, 15) is 37.8 Å². The van der Waals surface area contributed by atoms with E-state index in [-0.39, 0.29) is 47.9 Å². The normalized spacial score (nSPS) is 16.6. The molecule has 2 aromatic carbocycles. The highest BCUT2D eigenvalue weighted by atomic mass is 19.4. The van der Waals surface area contributed by atoms with Crippen molar-refractivity contribution >= 4 is 18.2 Å². The number of nitrogens with one attached hydrogen (secondary N) is 2. The SMILES string of the molecule is CC1=C(C(=O)O)C(c2ccccc2C(F)(F)F)C(C(=O)OCCNC(CC=O)c2ccc(O)cc2)=C(C)N1. The van der Waals surface area contributed by atoms with E-state index in [0.717, 1.165) is 12.1 Å². The van der Waals surface area contributed by atoms with E-state index in [0.29, 0.717) is 11.8 Å². The second-order valence-corrected chi connectivity index (χ2v) is 8.66. The second-order valence-electron chi connectivity index (χ2n) is 8.66. The number of carboxylic acids is 1. The van der Waals surface area contributed by atoms with Crippen molar-refractivity contribution in [1.82, 2.24) is 10.6 Å². The lowest BCUT2D eigenvalue weighted by Gasteiger charge is -2.31. The summed E-state index contributed by atoms with van der Waals surface area (Å²) in [6.45, 7) is 2.76. The summed E-state index contributed by atoms with van der Waals surface area (Å²) >= 11 is 0. The highest BCUT2D eigenvalue weighted by Crippen LogP contribution is 2.44. The van der Waals surface area contributed by atoms with E-state index in [1.807, 2.05) is 0 Å². The molecule has 8 nitrogen and oxygen atoms in total. The number of aromatic hydroxyl groups is 1. The van der Waals surface area contributed by atoms with Crippen LogP contribution in [0.25, 0.3) is 0 Å². The largest absolute Gasteiger partial charge is 0.508 e. The molecule has 0 saturated carbocycles. The Hall–Kier alpha value is -4.12. The van der Waals surface area contributed by atoms with Crippen LogP contribution in [0.5, 0.6) is 5.75 Å². The quantitative estimate of drug-likeness (QED) is 0.204. The van der Waals surface area contributed by atoms with Crippen molar-refractivity contribution in [3.63, 3.8) is 0 Å². The van der Waals surface area contributed by atoms with Gasteiger partial charge in [0, 0.05) is 30.4 Å². The maximum atomic E-state index is 13.8. The number of aldehydes is 1. The number of ether oxygens (including phenoxy) is 1. The predicted molar refractivity (Wildman–Crippen MR) is 131 cm³/mol. The van der Waals surface area contributed by atoms with Crippen LogP contribution in [0.2, 0.25) is 0 Å². The number of aliphatic carboxylic acids is 1. The first kappa shape index (κ1) is 28.5. The Morgan fingerprint density at radius 3 is 2.32 bits per heavy atom. The van der Waals surface area contributed by atoms with Gasteiger partial charge in [-0.15, -0.1) is 0 Å².